The smallest absolute Gasteiger partial charge is 0.338 e. The highest BCUT2D eigenvalue weighted by atomic mass is 19.1. The number of anilines is 2. The highest BCUT2D eigenvalue weighted by Gasteiger charge is 2.07. The maximum absolute atomic E-state index is 13.1. The van der Waals surface area contributed by atoms with Crippen molar-refractivity contribution in [2.75, 3.05) is 11.9 Å². The summed E-state index contributed by atoms with van der Waals surface area (Å²) >= 11 is 0. The Morgan fingerprint density at radius 1 is 1.10 bits per heavy atom. The first-order valence-electron chi connectivity index (χ1n) is 6.09. The number of carbonyl (C=O) groups excluding carboxylic acids is 1. The van der Waals surface area contributed by atoms with Crippen molar-refractivity contribution in [2.24, 2.45) is 0 Å². The highest BCUT2D eigenvalue weighted by Crippen LogP contribution is 2.20. The topological polar surface area (TPSA) is 38.3 Å². The lowest BCUT2D eigenvalue weighted by atomic mass is 10.2. The summed E-state index contributed by atoms with van der Waals surface area (Å²) < 4.78 is 31.1. The number of nitrogens with one attached hydrogen (secondary N) is 1. The van der Waals surface area contributed by atoms with Crippen LogP contribution in [0, 0.1) is 11.6 Å². The molecule has 0 bridgehead atoms. The van der Waals surface area contributed by atoms with Crippen LogP contribution in [0.3, 0.4) is 0 Å². The van der Waals surface area contributed by atoms with Crippen LogP contribution in [0.1, 0.15) is 17.3 Å². The van der Waals surface area contributed by atoms with E-state index in [0.29, 0.717) is 11.3 Å². The minimum Gasteiger partial charge on any atom is -0.462 e. The number of hydrogen-bond donors (Lipinski definition) is 1. The lowest BCUT2D eigenvalue weighted by Gasteiger charge is -2.08. The number of benzene rings is 2. The summed E-state index contributed by atoms with van der Waals surface area (Å²) in [6.45, 7) is 2.00. The molecule has 0 saturated carbocycles. The van der Waals surface area contributed by atoms with E-state index in [4.69, 9.17) is 4.74 Å². The zero-order chi connectivity index (χ0) is 14.5. The average Bonchev–Trinajstić information content (AvgIpc) is 2.38. The maximum atomic E-state index is 13.1. The van der Waals surface area contributed by atoms with Gasteiger partial charge in [-0.25, -0.2) is 13.6 Å². The molecule has 0 heterocycles. The molecule has 1 N–H and O–H groups in total. The minimum absolute atomic E-state index is 0.267. The van der Waals surface area contributed by atoms with E-state index in [1.165, 1.54) is 12.1 Å². The summed E-state index contributed by atoms with van der Waals surface area (Å²) in [5.41, 5.74) is 1.18. The van der Waals surface area contributed by atoms with Crippen molar-refractivity contribution in [3.05, 3.63) is 59.7 Å². The number of halogens is 2. The first kappa shape index (κ1) is 14.0. The molecule has 0 aliphatic heterocycles. The van der Waals surface area contributed by atoms with Gasteiger partial charge >= 0.3 is 5.97 Å². The van der Waals surface area contributed by atoms with Gasteiger partial charge in [0.05, 0.1) is 12.2 Å². The van der Waals surface area contributed by atoms with Crippen molar-refractivity contribution in [1.82, 2.24) is 0 Å². The van der Waals surface area contributed by atoms with Crippen molar-refractivity contribution >= 4 is 17.3 Å². The Morgan fingerprint density at radius 3 is 2.45 bits per heavy atom. The average molecular weight is 277 g/mol. The molecule has 0 aliphatic rings. The van der Waals surface area contributed by atoms with E-state index >= 15 is 0 Å². The van der Waals surface area contributed by atoms with Crippen molar-refractivity contribution in [1.29, 1.82) is 0 Å². The largest absolute Gasteiger partial charge is 0.462 e. The van der Waals surface area contributed by atoms with Gasteiger partial charge in [0.1, 0.15) is 11.6 Å². The Morgan fingerprint density at radius 2 is 1.80 bits per heavy atom. The monoisotopic (exact) mass is 277 g/mol. The van der Waals surface area contributed by atoms with Gasteiger partial charge in [-0.1, -0.05) is 6.07 Å². The quantitative estimate of drug-likeness (QED) is 0.862. The summed E-state index contributed by atoms with van der Waals surface area (Å²) in [4.78, 5) is 11.6. The molecule has 0 radical (unpaired) electrons. The molecule has 2 rings (SSSR count). The Labute approximate surface area is 115 Å². The van der Waals surface area contributed by atoms with Crippen LogP contribution < -0.4 is 5.32 Å². The van der Waals surface area contributed by atoms with E-state index < -0.39 is 17.6 Å². The van der Waals surface area contributed by atoms with Gasteiger partial charge in [-0.2, -0.15) is 0 Å². The van der Waals surface area contributed by atoms with Gasteiger partial charge in [0.15, 0.2) is 0 Å². The summed E-state index contributed by atoms with van der Waals surface area (Å²) in [7, 11) is 0. The zero-order valence-electron chi connectivity index (χ0n) is 10.8. The van der Waals surface area contributed by atoms with Crippen LogP contribution >= 0.6 is 0 Å². The van der Waals surface area contributed by atoms with E-state index in [0.717, 1.165) is 6.07 Å². The molecule has 0 aromatic heterocycles. The Kier molecular flexibility index (Phi) is 4.30. The second kappa shape index (κ2) is 6.14. The van der Waals surface area contributed by atoms with E-state index in [2.05, 4.69) is 5.32 Å². The molecule has 2 aromatic carbocycles. The summed E-state index contributed by atoms with van der Waals surface area (Å²) in [5, 5.41) is 2.84. The molecule has 0 fully saturated rings. The van der Waals surface area contributed by atoms with Crippen molar-refractivity contribution in [3.8, 4) is 0 Å². The molecular weight excluding hydrogens is 264 g/mol. The van der Waals surface area contributed by atoms with Gasteiger partial charge < -0.3 is 10.1 Å². The third-order valence-electron chi connectivity index (χ3n) is 2.52. The van der Waals surface area contributed by atoms with E-state index in [1.54, 1.807) is 31.2 Å². The molecule has 0 aliphatic carbocycles. The lowest BCUT2D eigenvalue weighted by Crippen LogP contribution is -2.05. The highest BCUT2D eigenvalue weighted by molar-refractivity contribution is 5.90. The molecule has 0 amide bonds. The standard InChI is InChI=1S/C15H13F2NO2/c1-2-20-15(19)10-4-3-5-13(6-10)18-14-8-11(16)7-12(17)9-14/h3-9,18H,2H2,1H3. The molecular formula is C15H13F2NO2. The van der Waals surface area contributed by atoms with Gasteiger partial charge in [-0.05, 0) is 37.3 Å². The van der Waals surface area contributed by atoms with Gasteiger partial charge in [0.2, 0.25) is 0 Å². The fourth-order valence-corrected chi connectivity index (χ4v) is 1.73. The second-order valence-corrected chi connectivity index (χ2v) is 4.08. The van der Waals surface area contributed by atoms with Gasteiger partial charge in [-0.3, -0.25) is 0 Å². The predicted octanol–water partition coefficient (Wildman–Crippen LogP) is 3.89. The van der Waals surface area contributed by atoms with E-state index in [9.17, 15) is 13.6 Å². The normalized spacial score (nSPS) is 10.2. The molecule has 104 valence electrons. The molecule has 0 spiro atoms. The fourth-order valence-electron chi connectivity index (χ4n) is 1.73. The van der Waals surface area contributed by atoms with Gasteiger partial charge in [0.25, 0.3) is 0 Å². The Bertz CT molecular complexity index is 609. The van der Waals surface area contributed by atoms with Gasteiger partial charge in [0, 0.05) is 17.4 Å². The molecule has 0 atom stereocenters. The molecule has 0 saturated heterocycles. The van der Waals surface area contributed by atoms with Crippen LogP contribution in [0.4, 0.5) is 20.2 Å². The van der Waals surface area contributed by atoms with Crippen molar-refractivity contribution in [2.45, 2.75) is 6.92 Å². The van der Waals surface area contributed by atoms with Crippen LogP contribution in [0.2, 0.25) is 0 Å². The molecule has 0 unspecified atom stereocenters. The third kappa shape index (κ3) is 3.54. The predicted molar refractivity (Wildman–Crippen MR) is 72.0 cm³/mol. The fraction of sp³-hybridized carbons (Fsp3) is 0.133. The first-order valence-corrected chi connectivity index (χ1v) is 6.09. The number of ether oxygens (including phenoxy) is 1. The lowest BCUT2D eigenvalue weighted by molar-refractivity contribution is 0.0526. The van der Waals surface area contributed by atoms with E-state index in [-0.39, 0.29) is 12.3 Å². The number of esters is 1. The number of rotatable bonds is 4. The van der Waals surface area contributed by atoms with Crippen LogP contribution in [0.25, 0.3) is 0 Å². The van der Waals surface area contributed by atoms with E-state index in [1.807, 2.05) is 0 Å². The van der Waals surface area contributed by atoms with Crippen LogP contribution in [-0.4, -0.2) is 12.6 Å². The summed E-state index contributed by atoms with van der Waals surface area (Å²) in [5.74, 6) is -1.79. The van der Waals surface area contributed by atoms with Crippen LogP contribution in [-0.2, 0) is 4.74 Å². The molecule has 2 aromatic rings. The van der Waals surface area contributed by atoms with Crippen molar-refractivity contribution in [3.63, 3.8) is 0 Å². The molecule has 3 nitrogen and oxygen atoms in total. The number of hydrogen-bond acceptors (Lipinski definition) is 3. The van der Waals surface area contributed by atoms with Crippen LogP contribution in [0.15, 0.2) is 42.5 Å². The first-order chi connectivity index (χ1) is 9.58. The van der Waals surface area contributed by atoms with Crippen molar-refractivity contribution < 1.29 is 18.3 Å². The molecule has 20 heavy (non-hydrogen) atoms. The Balaban J connectivity index is 2.21. The molecule has 5 heteroatoms. The zero-order valence-corrected chi connectivity index (χ0v) is 10.8. The van der Waals surface area contributed by atoms with Gasteiger partial charge in [-0.15, -0.1) is 0 Å². The minimum atomic E-state index is -0.672. The summed E-state index contributed by atoms with van der Waals surface area (Å²) in [6.07, 6.45) is 0. The second-order valence-electron chi connectivity index (χ2n) is 4.08. The third-order valence-corrected chi connectivity index (χ3v) is 2.52. The number of carbonyl (C=O) groups is 1. The Hall–Kier alpha value is -2.43. The SMILES string of the molecule is CCOC(=O)c1cccc(Nc2cc(F)cc(F)c2)c1. The summed E-state index contributed by atoms with van der Waals surface area (Å²) in [6, 6.07) is 9.63. The maximum Gasteiger partial charge on any atom is 0.338 e. The van der Waals surface area contributed by atoms with Crippen LogP contribution in [0.5, 0.6) is 0 Å².